The van der Waals surface area contributed by atoms with Gasteiger partial charge >= 0.3 is 0 Å². The predicted octanol–water partition coefficient (Wildman–Crippen LogP) is 15.2. The Bertz CT molecular complexity index is 6290. The van der Waals surface area contributed by atoms with Crippen LogP contribution >= 0.6 is 0 Å². The lowest BCUT2D eigenvalue weighted by Crippen LogP contribution is -2.74. The molecule has 7 heteroatoms. The molecule has 0 atom stereocenters. The van der Waals surface area contributed by atoms with E-state index < -0.39 is 197 Å². The highest BCUT2D eigenvalue weighted by Gasteiger charge is 2.51. The van der Waals surface area contributed by atoms with Crippen LogP contribution in [-0.2, 0) is 5.41 Å². The van der Waals surface area contributed by atoms with Crippen LogP contribution in [0.25, 0.3) is 89.2 Å². The molecule has 6 nitrogen and oxygen atoms in total. The van der Waals surface area contributed by atoms with Crippen molar-refractivity contribution in [2.45, 2.75) is 5.41 Å². The van der Waals surface area contributed by atoms with Crippen LogP contribution in [0.1, 0.15) is 52.4 Å². The maximum atomic E-state index is 11.0. The molecule has 0 fully saturated rings. The Morgan fingerprint density at radius 3 is 1.49 bits per heavy atom. The second-order valence-corrected chi connectivity index (χ2v) is 23.8. The van der Waals surface area contributed by atoms with E-state index >= 15 is 0 Å². The summed E-state index contributed by atoms with van der Waals surface area (Å²) < 4.78 is 218. The summed E-state index contributed by atoms with van der Waals surface area (Å²) in [5.41, 5.74) is 2.15. The summed E-state index contributed by atoms with van der Waals surface area (Å²) in [5.74, 6) is -1.12. The summed E-state index contributed by atoms with van der Waals surface area (Å²) in [7, 11) is -4.84. The third-order valence-electron chi connectivity index (χ3n) is 16.0. The van der Waals surface area contributed by atoms with Crippen molar-refractivity contribution in [1.82, 2.24) is 24.1 Å². The average molecular weight is 1100 g/mol. The van der Waals surface area contributed by atoms with Crippen molar-refractivity contribution in [2.75, 3.05) is 0 Å². The van der Waals surface area contributed by atoms with Crippen molar-refractivity contribution >= 4 is 72.4 Å². The van der Waals surface area contributed by atoms with Crippen molar-refractivity contribution in [2.24, 2.45) is 0 Å². The van der Waals surface area contributed by atoms with Crippen LogP contribution in [0.2, 0.25) is 0 Å². The summed E-state index contributed by atoms with van der Waals surface area (Å²) in [4.78, 5) is 14.7. The van der Waals surface area contributed by atoms with E-state index in [2.05, 4.69) is 24.3 Å². The van der Waals surface area contributed by atoms with Crippen LogP contribution in [0.4, 0.5) is 0 Å². The minimum Gasteiger partial charge on any atom is -0.457 e. The van der Waals surface area contributed by atoms with Gasteiger partial charge in [-0.2, -0.15) is 15.0 Å². The van der Waals surface area contributed by atoms with Crippen molar-refractivity contribution in [3.05, 3.63) is 319 Å². The fourth-order valence-electron chi connectivity index (χ4n) is 12.6. The standard InChI is InChI=1S/C76H49N5OSi/c1-3-25-53(26-4-1)83(54-27-5-2-6-28-54,55-29-21-23-50(47-55)51-45-46-72-66(49-51)76(65-39-15-20-44-71(65)82-72)63-37-13-7-31-57(63)58-32-8-14-38-64(58)76)56-30-22-24-52(48-56)73-77-74(80-67-40-16-9-33-59(67)60-34-10-17-41-68(60)80)79-75(78-73)81-69-42-18-11-35-61(69)62-36-12-19-43-70(62)81/h1-49H/i9D,10D,11D,12D,16D,17D,18D,19D,21D,22D,23D,24D,29D,33D,34D,35D,40D,41D,42D,43D,47D,48D. The summed E-state index contributed by atoms with van der Waals surface area (Å²) in [6.45, 7) is 0. The number of aromatic nitrogens is 5. The van der Waals surface area contributed by atoms with Gasteiger partial charge in [-0.1, -0.05) is 254 Å². The average Bonchev–Trinajstić information content (AvgIpc) is 1.64. The van der Waals surface area contributed by atoms with Gasteiger partial charge in [0.2, 0.25) is 11.9 Å². The minimum absolute atomic E-state index is 0.0683. The first-order chi connectivity index (χ1) is 50.3. The third kappa shape index (κ3) is 6.86. The molecule has 1 aliphatic heterocycles. The maximum absolute atomic E-state index is 11.0. The maximum Gasteiger partial charge on any atom is 0.240 e. The normalized spacial score (nSPS) is 16.7. The van der Waals surface area contributed by atoms with Crippen molar-refractivity contribution < 1.29 is 34.9 Å². The second kappa shape index (κ2) is 18.4. The van der Waals surface area contributed by atoms with E-state index in [1.165, 1.54) is 6.07 Å². The second-order valence-electron chi connectivity index (χ2n) is 20.1. The van der Waals surface area contributed by atoms with Gasteiger partial charge in [0, 0.05) is 38.2 Å². The van der Waals surface area contributed by atoms with Gasteiger partial charge in [-0.15, -0.1) is 0 Å². The first kappa shape index (κ1) is 30.2. The molecule has 12 aromatic carbocycles. The Labute approximate surface area is 511 Å². The molecule has 1 aliphatic carbocycles. The quantitative estimate of drug-likeness (QED) is 0.112. The first-order valence-corrected chi connectivity index (χ1v) is 28.5. The fraction of sp³-hybridized carbons (Fsp3) is 0.0132. The van der Waals surface area contributed by atoms with Crippen LogP contribution in [0.5, 0.6) is 11.5 Å². The number of rotatable bonds is 8. The van der Waals surface area contributed by atoms with Gasteiger partial charge < -0.3 is 4.74 Å². The third-order valence-corrected chi connectivity index (χ3v) is 20.5. The number of hydrogen-bond donors (Lipinski definition) is 0. The highest BCUT2D eigenvalue weighted by molar-refractivity contribution is 7.20. The Morgan fingerprint density at radius 2 is 0.855 bits per heavy atom. The molecule has 1 spiro atoms. The number of benzene rings is 12. The van der Waals surface area contributed by atoms with E-state index in [4.69, 9.17) is 30.7 Å². The van der Waals surface area contributed by atoms with E-state index in [1.807, 2.05) is 54.6 Å². The highest BCUT2D eigenvalue weighted by atomic mass is 28.3. The fourth-order valence-corrected chi connectivity index (χ4v) is 17.0. The number of para-hydroxylation sites is 5. The van der Waals surface area contributed by atoms with Crippen molar-refractivity contribution in [1.29, 1.82) is 0 Å². The molecule has 83 heavy (non-hydrogen) atoms. The topological polar surface area (TPSA) is 57.8 Å². The Hall–Kier alpha value is -10.7. The highest BCUT2D eigenvalue weighted by Crippen LogP contribution is 2.62. The van der Waals surface area contributed by atoms with Crippen LogP contribution < -0.4 is 25.5 Å². The predicted molar refractivity (Wildman–Crippen MR) is 340 cm³/mol. The zero-order valence-corrected chi connectivity index (χ0v) is 44.2. The molecule has 4 heterocycles. The lowest BCUT2D eigenvalue weighted by Gasteiger charge is -2.39. The molecule has 0 amide bonds. The molecule has 0 unspecified atom stereocenters. The van der Waals surface area contributed by atoms with Crippen LogP contribution in [-0.4, -0.2) is 32.2 Å². The monoisotopic (exact) mass is 1100 g/mol. The molecule has 17 rings (SSSR count). The van der Waals surface area contributed by atoms with Gasteiger partial charge in [0.25, 0.3) is 0 Å². The lowest BCUT2D eigenvalue weighted by atomic mass is 9.66. The molecule has 15 aromatic rings. The van der Waals surface area contributed by atoms with E-state index in [0.717, 1.165) is 43.0 Å². The van der Waals surface area contributed by atoms with Crippen LogP contribution in [0.3, 0.4) is 0 Å². The summed E-state index contributed by atoms with van der Waals surface area (Å²) in [5, 5.41) is -0.701. The van der Waals surface area contributed by atoms with E-state index in [-0.39, 0.29) is 32.2 Å². The molecular weight excluding hydrogens is 1030 g/mol. The van der Waals surface area contributed by atoms with Gasteiger partial charge in [-0.05, 0) is 96.5 Å². The van der Waals surface area contributed by atoms with Crippen molar-refractivity contribution in [3.63, 3.8) is 0 Å². The molecule has 0 saturated heterocycles. The number of hydrogen-bond acceptors (Lipinski definition) is 4. The first-order valence-electron chi connectivity index (χ1n) is 37.5. The number of ether oxygens (including phenoxy) is 1. The molecule has 0 saturated carbocycles. The smallest absolute Gasteiger partial charge is 0.240 e. The zero-order chi connectivity index (χ0) is 73.8. The molecule has 2 aliphatic rings. The Morgan fingerprint density at radius 1 is 0.349 bits per heavy atom. The summed E-state index contributed by atoms with van der Waals surface area (Å²) >= 11 is 0. The van der Waals surface area contributed by atoms with Crippen LogP contribution in [0.15, 0.2) is 297 Å². The molecule has 0 bridgehead atoms. The van der Waals surface area contributed by atoms with Gasteiger partial charge in [0.1, 0.15) is 11.5 Å². The molecule has 3 aromatic heterocycles. The number of nitrogens with zero attached hydrogens (tertiary/aromatic N) is 5. The lowest BCUT2D eigenvalue weighted by molar-refractivity contribution is 0.436. The Balaban J connectivity index is 1.01. The van der Waals surface area contributed by atoms with E-state index in [9.17, 15) is 19.2 Å². The van der Waals surface area contributed by atoms with Crippen molar-refractivity contribution in [3.8, 4) is 57.0 Å². The van der Waals surface area contributed by atoms with Gasteiger partial charge in [0.15, 0.2) is 13.9 Å². The molecule has 0 N–H and O–H groups in total. The Kier molecular flexibility index (Phi) is 6.69. The summed E-state index contributed by atoms with van der Waals surface area (Å²) in [6.07, 6.45) is 0. The van der Waals surface area contributed by atoms with Gasteiger partial charge in [-0.25, -0.2) is 0 Å². The van der Waals surface area contributed by atoms with Crippen LogP contribution in [0, 0.1) is 0 Å². The van der Waals surface area contributed by atoms with E-state index in [0.29, 0.717) is 33.0 Å². The molecule has 0 radical (unpaired) electrons. The van der Waals surface area contributed by atoms with E-state index in [1.54, 1.807) is 72.8 Å². The van der Waals surface area contributed by atoms with Gasteiger partial charge in [0.05, 0.1) is 57.6 Å². The largest absolute Gasteiger partial charge is 0.457 e. The van der Waals surface area contributed by atoms with Gasteiger partial charge in [-0.3, -0.25) is 9.13 Å². The minimum atomic E-state index is -4.84. The molecular formula is C76H49N5OSi. The summed E-state index contributed by atoms with van der Waals surface area (Å²) in [6, 6.07) is 33.8. The zero-order valence-electron chi connectivity index (χ0n) is 65.2. The SMILES string of the molecule is [2H]c1cc([Si](c2ccccc2)(c2ccccc2)c2c([2H])c([2H])c([2H])c(-c3ccc4c(c3)C3(c5ccccc5O4)c4ccccc4-c4ccccc43)c2[2H])c([2H])c(-c2nc(-n3c4c([2H])c([2H])c([2H])cc4c4c([2H])c([2H])c([2H])c([2H])c43)nc(-n3c4c([2H])c([2H])c([2H])c([2H])c4c4c([2H])c([2H])c([2H])c([2H])c43)n2)c1[2H]. The number of fused-ring (bicyclic) bond motifs is 15. The molecule has 388 valence electrons.